The fourth-order valence-electron chi connectivity index (χ4n) is 2.89. The van der Waals surface area contributed by atoms with Crippen molar-refractivity contribution in [2.75, 3.05) is 11.9 Å². The molecule has 22 heavy (non-hydrogen) atoms. The standard InChI is InChI=1S/C18H15N3O/c22-18-17(14-6-2-4-8-16(14)21-18)19-10-9-12-11-20-15-7-3-1-5-13(12)15/h1-8,11,20H,9-10H2,(H,19,21,22). The Bertz CT molecular complexity index is 892. The van der Waals surface area contributed by atoms with Gasteiger partial charge in [-0.1, -0.05) is 36.4 Å². The van der Waals surface area contributed by atoms with E-state index in [1.54, 1.807) is 0 Å². The first-order valence-corrected chi connectivity index (χ1v) is 7.33. The number of anilines is 1. The zero-order valence-electron chi connectivity index (χ0n) is 12.0. The van der Waals surface area contributed by atoms with Crippen molar-refractivity contribution in [2.45, 2.75) is 6.42 Å². The normalized spacial score (nSPS) is 15.3. The van der Waals surface area contributed by atoms with Crippen molar-refractivity contribution in [3.05, 3.63) is 65.9 Å². The number of rotatable bonds is 3. The van der Waals surface area contributed by atoms with Gasteiger partial charge in [0, 0.05) is 29.2 Å². The molecule has 0 unspecified atom stereocenters. The predicted molar refractivity (Wildman–Crippen MR) is 88.5 cm³/mol. The summed E-state index contributed by atoms with van der Waals surface area (Å²) in [7, 11) is 0. The maximum Gasteiger partial charge on any atom is 0.274 e. The highest BCUT2D eigenvalue weighted by Crippen LogP contribution is 2.23. The number of carbonyl (C=O) groups is 1. The number of amides is 1. The minimum atomic E-state index is -0.111. The molecule has 0 bridgehead atoms. The number of aromatic amines is 1. The Hall–Kier alpha value is -2.88. The molecular weight excluding hydrogens is 274 g/mol. The lowest BCUT2D eigenvalue weighted by atomic mass is 10.1. The average Bonchev–Trinajstić information content (AvgIpc) is 3.09. The van der Waals surface area contributed by atoms with Crippen molar-refractivity contribution < 1.29 is 4.79 Å². The van der Waals surface area contributed by atoms with Gasteiger partial charge in [-0.15, -0.1) is 0 Å². The van der Waals surface area contributed by atoms with Crippen LogP contribution in [0.3, 0.4) is 0 Å². The molecule has 3 aromatic rings. The van der Waals surface area contributed by atoms with Crippen molar-refractivity contribution >= 4 is 28.2 Å². The van der Waals surface area contributed by atoms with Crippen molar-refractivity contribution in [2.24, 2.45) is 4.99 Å². The molecule has 2 aromatic carbocycles. The van der Waals surface area contributed by atoms with Gasteiger partial charge < -0.3 is 10.3 Å². The largest absolute Gasteiger partial charge is 0.361 e. The van der Waals surface area contributed by atoms with E-state index in [4.69, 9.17) is 0 Å². The van der Waals surface area contributed by atoms with Gasteiger partial charge in [-0.05, 0) is 24.1 Å². The van der Waals surface area contributed by atoms with Crippen LogP contribution in [-0.4, -0.2) is 23.1 Å². The van der Waals surface area contributed by atoms with Gasteiger partial charge in [0.2, 0.25) is 0 Å². The Kier molecular flexibility index (Phi) is 3.00. The highest BCUT2D eigenvalue weighted by atomic mass is 16.2. The molecule has 1 aromatic heterocycles. The van der Waals surface area contributed by atoms with Gasteiger partial charge in [0.1, 0.15) is 5.71 Å². The smallest absolute Gasteiger partial charge is 0.274 e. The Labute approximate surface area is 127 Å². The van der Waals surface area contributed by atoms with Crippen molar-refractivity contribution in [3.8, 4) is 0 Å². The summed E-state index contributed by atoms with van der Waals surface area (Å²) in [6.45, 7) is 0.596. The third-order valence-electron chi connectivity index (χ3n) is 3.97. The summed E-state index contributed by atoms with van der Waals surface area (Å²) in [5, 5.41) is 4.07. The van der Waals surface area contributed by atoms with E-state index in [9.17, 15) is 4.79 Å². The third-order valence-corrected chi connectivity index (χ3v) is 3.97. The zero-order valence-corrected chi connectivity index (χ0v) is 12.0. The fourth-order valence-corrected chi connectivity index (χ4v) is 2.89. The molecule has 4 nitrogen and oxygen atoms in total. The van der Waals surface area contributed by atoms with Crippen LogP contribution in [0.1, 0.15) is 11.1 Å². The highest BCUT2D eigenvalue weighted by molar-refractivity contribution is 6.53. The second kappa shape index (κ2) is 5.15. The SMILES string of the molecule is O=C1Nc2ccccc2C1=NCCc1c[nH]c2ccccc12. The molecule has 1 amide bonds. The van der Waals surface area contributed by atoms with Gasteiger partial charge in [0.25, 0.3) is 5.91 Å². The third kappa shape index (κ3) is 2.09. The summed E-state index contributed by atoms with van der Waals surface area (Å²) in [6.07, 6.45) is 2.83. The number of benzene rings is 2. The molecule has 0 atom stereocenters. The molecule has 0 aliphatic carbocycles. The van der Waals surface area contributed by atoms with Crippen molar-refractivity contribution in [3.63, 3.8) is 0 Å². The molecule has 4 rings (SSSR count). The van der Waals surface area contributed by atoms with Gasteiger partial charge >= 0.3 is 0 Å². The molecule has 2 N–H and O–H groups in total. The van der Waals surface area contributed by atoms with Gasteiger partial charge in [0.05, 0.1) is 5.69 Å². The first kappa shape index (κ1) is 12.8. The van der Waals surface area contributed by atoms with Crippen LogP contribution in [-0.2, 0) is 11.2 Å². The van der Waals surface area contributed by atoms with Gasteiger partial charge in [-0.3, -0.25) is 9.79 Å². The minimum Gasteiger partial charge on any atom is -0.361 e. The average molecular weight is 289 g/mol. The van der Waals surface area contributed by atoms with Crippen LogP contribution in [0.4, 0.5) is 5.69 Å². The lowest BCUT2D eigenvalue weighted by Gasteiger charge is -1.98. The van der Waals surface area contributed by atoms with E-state index >= 15 is 0 Å². The lowest BCUT2D eigenvalue weighted by molar-refractivity contribution is -0.110. The lowest BCUT2D eigenvalue weighted by Crippen LogP contribution is -2.15. The molecule has 0 saturated carbocycles. The predicted octanol–water partition coefficient (Wildman–Crippen LogP) is 3.15. The second-order valence-corrected chi connectivity index (χ2v) is 5.34. The number of para-hydroxylation sites is 2. The highest BCUT2D eigenvalue weighted by Gasteiger charge is 2.24. The first-order chi connectivity index (χ1) is 10.8. The Morgan fingerprint density at radius 1 is 1.00 bits per heavy atom. The van der Waals surface area contributed by atoms with Crippen LogP contribution in [0, 0.1) is 0 Å². The fraction of sp³-hybridized carbons (Fsp3) is 0.111. The molecule has 0 radical (unpaired) electrons. The molecule has 0 spiro atoms. The maximum absolute atomic E-state index is 12.0. The van der Waals surface area contributed by atoms with E-state index in [1.807, 2.05) is 42.6 Å². The number of fused-ring (bicyclic) bond motifs is 2. The number of hydrogen-bond acceptors (Lipinski definition) is 2. The molecule has 1 aliphatic rings. The van der Waals surface area contributed by atoms with E-state index in [1.165, 1.54) is 10.9 Å². The quantitative estimate of drug-likeness (QED) is 0.764. The van der Waals surface area contributed by atoms with Gasteiger partial charge in [0.15, 0.2) is 0 Å². The molecule has 0 fully saturated rings. The van der Waals surface area contributed by atoms with Crippen LogP contribution in [0.25, 0.3) is 10.9 Å². The van der Waals surface area contributed by atoms with Crippen molar-refractivity contribution in [1.82, 2.24) is 4.98 Å². The summed E-state index contributed by atoms with van der Waals surface area (Å²) in [6, 6.07) is 15.9. The topological polar surface area (TPSA) is 57.2 Å². The Morgan fingerprint density at radius 2 is 1.82 bits per heavy atom. The first-order valence-electron chi connectivity index (χ1n) is 7.33. The number of hydrogen-bond donors (Lipinski definition) is 2. The Morgan fingerprint density at radius 3 is 2.77 bits per heavy atom. The summed E-state index contributed by atoms with van der Waals surface area (Å²) >= 11 is 0. The maximum atomic E-state index is 12.0. The molecule has 108 valence electrons. The molecule has 0 saturated heterocycles. The van der Waals surface area contributed by atoms with Gasteiger partial charge in [-0.2, -0.15) is 0 Å². The number of nitrogens with one attached hydrogen (secondary N) is 2. The van der Waals surface area contributed by atoms with E-state index in [0.29, 0.717) is 12.3 Å². The van der Waals surface area contributed by atoms with Crippen LogP contribution >= 0.6 is 0 Å². The van der Waals surface area contributed by atoms with Crippen LogP contribution in [0.2, 0.25) is 0 Å². The molecule has 2 heterocycles. The molecular formula is C18H15N3O. The summed E-state index contributed by atoms with van der Waals surface area (Å²) < 4.78 is 0. The van der Waals surface area contributed by atoms with E-state index in [2.05, 4.69) is 27.4 Å². The van der Waals surface area contributed by atoms with Gasteiger partial charge in [-0.25, -0.2) is 0 Å². The zero-order chi connectivity index (χ0) is 14.9. The number of aromatic nitrogens is 1. The molecule has 4 heteroatoms. The monoisotopic (exact) mass is 289 g/mol. The number of nitrogens with zero attached hydrogens (tertiary/aromatic N) is 1. The van der Waals surface area contributed by atoms with Crippen LogP contribution in [0.5, 0.6) is 0 Å². The molecule has 1 aliphatic heterocycles. The van der Waals surface area contributed by atoms with Crippen LogP contribution < -0.4 is 5.32 Å². The van der Waals surface area contributed by atoms with E-state index in [-0.39, 0.29) is 5.91 Å². The number of aliphatic imine (C=N–C) groups is 1. The summed E-state index contributed by atoms with van der Waals surface area (Å²) in [4.78, 5) is 19.8. The van der Waals surface area contributed by atoms with E-state index < -0.39 is 0 Å². The minimum absolute atomic E-state index is 0.111. The summed E-state index contributed by atoms with van der Waals surface area (Å²) in [5.74, 6) is -0.111. The van der Waals surface area contributed by atoms with E-state index in [0.717, 1.165) is 23.2 Å². The summed E-state index contributed by atoms with van der Waals surface area (Å²) in [5.41, 5.74) is 4.64. The second-order valence-electron chi connectivity index (χ2n) is 5.34. The van der Waals surface area contributed by atoms with Crippen molar-refractivity contribution in [1.29, 1.82) is 0 Å². The number of H-pyrrole nitrogens is 1. The Balaban J connectivity index is 1.57. The van der Waals surface area contributed by atoms with Crippen LogP contribution in [0.15, 0.2) is 59.7 Å². The number of carbonyl (C=O) groups excluding carboxylic acids is 1.